The van der Waals surface area contributed by atoms with Gasteiger partial charge in [0.2, 0.25) is 0 Å². The maximum absolute atomic E-state index is 12.4. The van der Waals surface area contributed by atoms with Gasteiger partial charge in [-0.1, -0.05) is 36.4 Å². The Bertz CT molecular complexity index is 819. The van der Waals surface area contributed by atoms with Crippen molar-refractivity contribution in [2.24, 2.45) is 0 Å². The lowest BCUT2D eigenvalue weighted by Gasteiger charge is -2.05. The lowest BCUT2D eigenvalue weighted by molar-refractivity contribution is -0.116. The summed E-state index contributed by atoms with van der Waals surface area (Å²) in [5.41, 5.74) is 2.93. The minimum Gasteiger partial charge on any atom is -0.352 e. The van der Waals surface area contributed by atoms with E-state index in [-0.39, 0.29) is 0 Å². The van der Waals surface area contributed by atoms with Crippen LogP contribution in [-0.4, -0.2) is 23.1 Å². The summed E-state index contributed by atoms with van der Waals surface area (Å²) in [5, 5.41) is 2.39. The highest BCUT2D eigenvalue weighted by molar-refractivity contribution is 6.43. The molecule has 1 aromatic carbocycles. The van der Waals surface area contributed by atoms with Crippen molar-refractivity contribution in [2.75, 3.05) is 7.05 Å². The summed E-state index contributed by atoms with van der Waals surface area (Å²) >= 11 is 0. The highest BCUT2D eigenvalue weighted by atomic mass is 16.2. The predicted molar refractivity (Wildman–Crippen MR) is 81.2 cm³/mol. The summed E-state index contributed by atoms with van der Waals surface area (Å²) in [5.74, 6) is -1.15. The van der Waals surface area contributed by atoms with Gasteiger partial charge in [0.05, 0.1) is 0 Å². The van der Waals surface area contributed by atoms with E-state index in [1.807, 2.05) is 54.6 Å². The molecule has 0 spiro atoms. The van der Waals surface area contributed by atoms with Crippen LogP contribution >= 0.6 is 0 Å². The third-order valence-electron chi connectivity index (χ3n) is 3.41. The molecule has 1 N–H and O–H groups in total. The summed E-state index contributed by atoms with van der Waals surface area (Å²) in [6, 6.07) is 17.2. The molecular weight excluding hydrogens is 264 g/mol. The van der Waals surface area contributed by atoms with Gasteiger partial charge < -0.3 is 9.72 Å². The molecule has 2 heterocycles. The van der Waals surface area contributed by atoms with Gasteiger partial charge in [-0.25, -0.2) is 0 Å². The predicted octanol–water partition coefficient (Wildman–Crippen LogP) is 2.54. The molecule has 3 aromatic rings. The highest BCUT2D eigenvalue weighted by Crippen LogP contribution is 2.28. The van der Waals surface area contributed by atoms with Crippen LogP contribution in [0.25, 0.3) is 16.6 Å². The summed E-state index contributed by atoms with van der Waals surface area (Å²) in [7, 11) is 1.46. The largest absolute Gasteiger partial charge is 0.352 e. The minimum atomic E-state index is -0.615. The van der Waals surface area contributed by atoms with Crippen LogP contribution in [-0.2, 0) is 4.79 Å². The van der Waals surface area contributed by atoms with E-state index in [4.69, 9.17) is 0 Å². The lowest BCUT2D eigenvalue weighted by Crippen LogP contribution is -2.28. The number of carbonyl (C=O) groups excluding carboxylic acids is 2. The summed E-state index contributed by atoms with van der Waals surface area (Å²) in [6.45, 7) is 0. The molecule has 2 aromatic heterocycles. The average molecular weight is 278 g/mol. The van der Waals surface area contributed by atoms with E-state index in [9.17, 15) is 9.59 Å². The number of ketones is 1. The number of benzene rings is 1. The Morgan fingerprint density at radius 2 is 1.71 bits per heavy atom. The molecule has 0 saturated heterocycles. The van der Waals surface area contributed by atoms with Crippen molar-refractivity contribution in [3.05, 3.63) is 66.5 Å². The fraction of sp³-hybridized carbons (Fsp3) is 0.0588. The molecule has 3 rings (SSSR count). The van der Waals surface area contributed by atoms with Crippen molar-refractivity contribution in [3.8, 4) is 11.1 Å². The van der Waals surface area contributed by atoms with E-state index in [0.29, 0.717) is 5.69 Å². The number of rotatable bonds is 3. The Morgan fingerprint density at radius 3 is 2.43 bits per heavy atom. The summed E-state index contributed by atoms with van der Waals surface area (Å²) in [4.78, 5) is 24.2. The van der Waals surface area contributed by atoms with Crippen LogP contribution in [0.5, 0.6) is 0 Å². The lowest BCUT2D eigenvalue weighted by atomic mass is 10.0. The van der Waals surface area contributed by atoms with E-state index < -0.39 is 11.7 Å². The van der Waals surface area contributed by atoms with Gasteiger partial charge in [0.15, 0.2) is 0 Å². The molecule has 0 fully saturated rings. The Morgan fingerprint density at radius 1 is 1.00 bits per heavy atom. The second kappa shape index (κ2) is 5.25. The van der Waals surface area contributed by atoms with Crippen LogP contribution in [0, 0.1) is 0 Å². The number of pyridine rings is 1. The van der Waals surface area contributed by atoms with Crippen LogP contribution in [0.2, 0.25) is 0 Å². The molecule has 0 atom stereocenters. The van der Waals surface area contributed by atoms with Gasteiger partial charge in [-0.05, 0) is 23.8 Å². The molecule has 104 valence electrons. The molecule has 0 bridgehead atoms. The van der Waals surface area contributed by atoms with Crippen molar-refractivity contribution >= 4 is 17.2 Å². The van der Waals surface area contributed by atoms with E-state index >= 15 is 0 Å². The first-order valence-corrected chi connectivity index (χ1v) is 6.64. The van der Waals surface area contributed by atoms with Crippen LogP contribution in [0.1, 0.15) is 10.5 Å². The molecule has 4 heteroatoms. The first-order valence-electron chi connectivity index (χ1n) is 6.64. The van der Waals surface area contributed by atoms with Crippen LogP contribution in [0.3, 0.4) is 0 Å². The second-order valence-electron chi connectivity index (χ2n) is 4.68. The molecule has 0 aliphatic rings. The van der Waals surface area contributed by atoms with Gasteiger partial charge in [0.25, 0.3) is 11.7 Å². The topological polar surface area (TPSA) is 50.6 Å². The Kier molecular flexibility index (Phi) is 3.28. The number of aromatic nitrogens is 1. The van der Waals surface area contributed by atoms with Crippen molar-refractivity contribution in [2.45, 2.75) is 0 Å². The number of nitrogens with zero attached hydrogens (tertiary/aromatic N) is 1. The number of fused-ring (bicyclic) bond motifs is 1. The normalized spacial score (nSPS) is 10.5. The SMILES string of the molecule is CNC(=O)C(=O)c1c(-c2ccccc2)cc2ccccn12. The van der Waals surface area contributed by atoms with Crippen LogP contribution in [0.15, 0.2) is 60.8 Å². The molecule has 0 unspecified atom stereocenters. The number of Topliss-reactive ketones (excluding diaryl/α,β-unsaturated/α-hetero) is 1. The van der Waals surface area contributed by atoms with Crippen molar-refractivity contribution in [1.82, 2.24) is 9.72 Å². The monoisotopic (exact) mass is 278 g/mol. The third-order valence-corrected chi connectivity index (χ3v) is 3.41. The van der Waals surface area contributed by atoms with Crippen molar-refractivity contribution in [1.29, 1.82) is 0 Å². The molecule has 21 heavy (non-hydrogen) atoms. The quantitative estimate of drug-likeness (QED) is 0.591. The molecular formula is C17H14N2O2. The number of nitrogens with one attached hydrogen (secondary N) is 1. The fourth-order valence-electron chi connectivity index (χ4n) is 2.41. The van der Waals surface area contributed by atoms with E-state index in [0.717, 1.165) is 16.6 Å². The molecule has 0 aliphatic carbocycles. The second-order valence-corrected chi connectivity index (χ2v) is 4.68. The van der Waals surface area contributed by atoms with Gasteiger partial charge >= 0.3 is 0 Å². The molecule has 0 aliphatic heterocycles. The number of likely N-dealkylation sites (N-methyl/N-ethyl adjacent to an activating group) is 1. The number of hydrogen-bond acceptors (Lipinski definition) is 2. The fourth-order valence-corrected chi connectivity index (χ4v) is 2.41. The standard InChI is InChI=1S/C17H14N2O2/c1-18-17(21)16(20)15-14(12-7-3-2-4-8-12)11-13-9-5-6-10-19(13)15/h2-11H,1H3,(H,18,21). The van der Waals surface area contributed by atoms with Crippen LogP contribution < -0.4 is 5.32 Å². The van der Waals surface area contributed by atoms with Crippen molar-refractivity contribution in [3.63, 3.8) is 0 Å². The van der Waals surface area contributed by atoms with Gasteiger partial charge in [-0.15, -0.1) is 0 Å². The zero-order chi connectivity index (χ0) is 14.8. The van der Waals surface area contributed by atoms with Gasteiger partial charge in [-0.3, -0.25) is 9.59 Å². The van der Waals surface area contributed by atoms with Crippen LogP contribution in [0.4, 0.5) is 0 Å². The minimum absolute atomic E-state index is 0.385. The van der Waals surface area contributed by atoms with Crippen molar-refractivity contribution < 1.29 is 9.59 Å². The van der Waals surface area contributed by atoms with E-state index in [2.05, 4.69) is 5.32 Å². The zero-order valence-electron chi connectivity index (χ0n) is 11.5. The van der Waals surface area contributed by atoms with Gasteiger partial charge in [0.1, 0.15) is 5.69 Å². The number of hydrogen-bond donors (Lipinski definition) is 1. The molecule has 4 nitrogen and oxygen atoms in total. The first-order chi connectivity index (χ1) is 10.2. The number of amides is 1. The zero-order valence-corrected chi connectivity index (χ0v) is 11.5. The molecule has 0 saturated carbocycles. The summed E-state index contributed by atoms with van der Waals surface area (Å²) in [6.07, 6.45) is 1.79. The highest BCUT2D eigenvalue weighted by Gasteiger charge is 2.23. The molecule has 1 amide bonds. The molecule has 0 radical (unpaired) electrons. The third kappa shape index (κ3) is 2.21. The smallest absolute Gasteiger partial charge is 0.293 e. The van der Waals surface area contributed by atoms with Gasteiger partial charge in [-0.2, -0.15) is 0 Å². The Balaban J connectivity index is 2.29. The van der Waals surface area contributed by atoms with E-state index in [1.54, 1.807) is 10.6 Å². The maximum atomic E-state index is 12.4. The maximum Gasteiger partial charge on any atom is 0.293 e. The Hall–Kier alpha value is -2.88. The first kappa shape index (κ1) is 13.1. The number of carbonyl (C=O) groups is 2. The Labute approximate surface area is 122 Å². The van der Waals surface area contributed by atoms with E-state index in [1.165, 1.54) is 7.05 Å². The van der Waals surface area contributed by atoms with Gasteiger partial charge in [0, 0.05) is 24.3 Å². The average Bonchev–Trinajstić information content (AvgIpc) is 2.93. The summed E-state index contributed by atoms with van der Waals surface area (Å²) < 4.78 is 1.75.